The number of halogens is 3. The molecule has 3 heteroatoms. The lowest BCUT2D eigenvalue weighted by Gasteiger charge is -2.29. The smallest absolute Gasteiger partial charge is 0.207 e. The summed E-state index contributed by atoms with van der Waals surface area (Å²) < 4.78 is 26.0. The van der Waals surface area contributed by atoms with Crippen molar-refractivity contribution in [3.63, 3.8) is 0 Å². The molecule has 0 aromatic carbocycles. The molecule has 0 aliphatic rings. The van der Waals surface area contributed by atoms with Crippen LogP contribution in [0.2, 0.25) is 0 Å². The zero-order chi connectivity index (χ0) is 9.83. The second-order valence-corrected chi connectivity index (χ2v) is 4.24. The topological polar surface area (TPSA) is 0 Å². The van der Waals surface area contributed by atoms with E-state index in [-0.39, 0.29) is 18.3 Å². The minimum atomic E-state index is -2.50. The van der Waals surface area contributed by atoms with Crippen molar-refractivity contribution in [3.8, 4) is 0 Å². The molecular weight excluding hydrogens is 226 g/mol. The lowest BCUT2D eigenvalue weighted by atomic mass is 9.83. The van der Waals surface area contributed by atoms with Crippen LogP contribution >= 0.6 is 15.9 Å². The molecule has 1 atom stereocenters. The van der Waals surface area contributed by atoms with Gasteiger partial charge >= 0.3 is 0 Å². The average molecular weight is 243 g/mol. The van der Waals surface area contributed by atoms with Crippen molar-refractivity contribution in [1.82, 2.24) is 0 Å². The largest absolute Gasteiger partial charge is 0.248 e. The summed E-state index contributed by atoms with van der Waals surface area (Å²) in [4.78, 5) is 0. The maximum absolute atomic E-state index is 13.0. The standard InChI is InChI=1S/C9H17BrF2/c1-4-8(3,7-10)6-9(11,12)5-2/h4-7H2,1-3H3. The Kier molecular flexibility index (Phi) is 4.67. The van der Waals surface area contributed by atoms with Crippen molar-refractivity contribution < 1.29 is 8.78 Å². The molecule has 0 rings (SSSR count). The van der Waals surface area contributed by atoms with Crippen LogP contribution in [-0.2, 0) is 0 Å². The molecule has 12 heavy (non-hydrogen) atoms. The second-order valence-electron chi connectivity index (χ2n) is 3.68. The fourth-order valence-corrected chi connectivity index (χ4v) is 1.61. The molecule has 0 aromatic rings. The van der Waals surface area contributed by atoms with Crippen molar-refractivity contribution >= 4 is 15.9 Å². The summed E-state index contributed by atoms with van der Waals surface area (Å²) in [6, 6.07) is 0. The third kappa shape index (κ3) is 3.83. The minimum absolute atomic E-state index is 0.0156. The van der Waals surface area contributed by atoms with Crippen molar-refractivity contribution in [2.45, 2.75) is 46.0 Å². The van der Waals surface area contributed by atoms with Crippen LogP contribution in [0.25, 0.3) is 0 Å². The summed E-state index contributed by atoms with van der Waals surface area (Å²) >= 11 is 3.28. The number of hydrogen-bond donors (Lipinski definition) is 0. The fourth-order valence-electron chi connectivity index (χ4n) is 1.02. The number of rotatable bonds is 5. The highest BCUT2D eigenvalue weighted by Gasteiger charge is 2.35. The Bertz CT molecular complexity index is 130. The molecule has 0 radical (unpaired) electrons. The Morgan fingerprint density at radius 2 is 1.67 bits per heavy atom. The van der Waals surface area contributed by atoms with Crippen LogP contribution in [-0.4, -0.2) is 11.3 Å². The molecule has 0 N–H and O–H groups in total. The van der Waals surface area contributed by atoms with E-state index in [4.69, 9.17) is 0 Å². The maximum atomic E-state index is 13.0. The lowest BCUT2D eigenvalue weighted by molar-refractivity contribution is -0.0417. The Morgan fingerprint density at radius 3 is 1.92 bits per heavy atom. The van der Waals surface area contributed by atoms with Gasteiger partial charge in [-0.15, -0.1) is 0 Å². The molecule has 0 aromatic heterocycles. The van der Waals surface area contributed by atoms with Gasteiger partial charge in [-0.2, -0.15) is 0 Å². The van der Waals surface area contributed by atoms with Crippen LogP contribution < -0.4 is 0 Å². The molecule has 0 fully saturated rings. The second kappa shape index (κ2) is 4.54. The van der Waals surface area contributed by atoms with Crippen molar-refractivity contribution in [2.75, 3.05) is 5.33 Å². The van der Waals surface area contributed by atoms with Crippen LogP contribution in [0.4, 0.5) is 8.78 Å². The first-order valence-corrected chi connectivity index (χ1v) is 5.45. The highest BCUT2D eigenvalue weighted by atomic mass is 79.9. The van der Waals surface area contributed by atoms with Gasteiger partial charge in [-0.1, -0.05) is 36.7 Å². The molecule has 0 aliphatic heterocycles. The Morgan fingerprint density at radius 1 is 1.17 bits per heavy atom. The first kappa shape index (κ1) is 12.3. The zero-order valence-corrected chi connectivity index (χ0v) is 9.55. The molecule has 74 valence electrons. The van der Waals surface area contributed by atoms with Gasteiger partial charge in [0, 0.05) is 18.2 Å². The molecule has 0 nitrogen and oxygen atoms in total. The van der Waals surface area contributed by atoms with E-state index in [1.54, 1.807) is 0 Å². The predicted molar refractivity (Wildman–Crippen MR) is 52.0 cm³/mol. The van der Waals surface area contributed by atoms with Gasteiger partial charge in [0.2, 0.25) is 5.92 Å². The third-order valence-electron chi connectivity index (χ3n) is 2.38. The van der Waals surface area contributed by atoms with Gasteiger partial charge in [0.05, 0.1) is 0 Å². The van der Waals surface area contributed by atoms with Gasteiger partial charge in [0.15, 0.2) is 0 Å². The summed E-state index contributed by atoms with van der Waals surface area (Å²) in [6.07, 6.45) is 0.710. The van der Waals surface area contributed by atoms with E-state index in [9.17, 15) is 8.78 Å². The van der Waals surface area contributed by atoms with Crippen LogP contribution in [0.1, 0.15) is 40.0 Å². The molecule has 0 spiro atoms. The monoisotopic (exact) mass is 242 g/mol. The van der Waals surface area contributed by atoms with Gasteiger partial charge in [0.1, 0.15) is 0 Å². The van der Waals surface area contributed by atoms with Gasteiger partial charge < -0.3 is 0 Å². The summed E-state index contributed by atoms with van der Waals surface area (Å²) in [7, 11) is 0. The first-order chi connectivity index (χ1) is 5.39. The average Bonchev–Trinajstić information content (AvgIpc) is 2.04. The molecular formula is C9H17BrF2. The van der Waals surface area contributed by atoms with Crippen LogP contribution in [0.15, 0.2) is 0 Å². The molecule has 1 unspecified atom stereocenters. The zero-order valence-electron chi connectivity index (χ0n) is 7.96. The third-order valence-corrected chi connectivity index (χ3v) is 3.73. The predicted octanol–water partition coefficient (Wildman–Crippen LogP) is 4.23. The van der Waals surface area contributed by atoms with E-state index in [2.05, 4.69) is 15.9 Å². The molecule has 0 bridgehead atoms. The van der Waals surface area contributed by atoms with Crippen molar-refractivity contribution in [1.29, 1.82) is 0 Å². The van der Waals surface area contributed by atoms with Gasteiger partial charge in [-0.3, -0.25) is 0 Å². The highest BCUT2D eigenvalue weighted by Crippen LogP contribution is 2.37. The van der Waals surface area contributed by atoms with E-state index in [0.717, 1.165) is 6.42 Å². The van der Waals surface area contributed by atoms with E-state index in [0.29, 0.717) is 5.33 Å². The first-order valence-electron chi connectivity index (χ1n) is 4.33. The summed E-state index contributed by atoms with van der Waals surface area (Å²) in [5.41, 5.74) is -0.264. The van der Waals surface area contributed by atoms with Crippen LogP contribution in [0.5, 0.6) is 0 Å². The Hall–Kier alpha value is 0.340. The molecule has 0 amide bonds. The van der Waals surface area contributed by atoms with Gasteiger partial charge in [-0.05, 0) is 11.8 Å². The van der Waals surface area contributed by atoms with Crippen molar-refractivity contribution in [3.05, 3.63) is 0 Å². The van der Waals surface area contributed by atoms with E-state index < -0.39 is 5.92 Å². The van der Waals surface area contributed by atoms with E-state index in [1.807, 2.05) is 13.8 Å². The molecule has 0 saturated heterocycles. The molecule has 0 saturated carbocycles. The molecule has 0 heterocycles. The highest BCUT2D eigenvalue weighted by molar-refractivity contribution is 9.09. The van der Waals surface area contributed by atoms with Crippen molar-refractivity contribution in [2.24, 2.45) is 5.41 Å². The summed E-state index contributed by atoms with van der Waals surface area (Å²) in [5.74, 6) is -2.50. The summed E-state index contributed by atoms with van der Waals surface area (Å²) in [6.45, 7) is 5.38. The number of alkyl halides is 3. The van der Waals surface area contributed by atoms with Gasteiger partial charge in [-0.25, -0.2) is 8.78 Å². The van der Waals surface area contributed by atoms with Crippen LogP contribution in [0, 0.1) is 5.41 Å². The van der Waals surface area contributed by atoms with E-state index >= 15 is 0 Å². The number of hydrogen-bond acceptors (Lipinski definition) is 0. The van der Waals surface area contributed by atoms with Crippen LogP contribution in [0.3, 0.4) is 0 Å². The normalized spacial score (nSPS) is 17.5. The fraction of sp³-hybridized carbons (Fsp3) is 1.00. The Labute approximate surface area is 81.9 Å². The maximum Gasteiger partial charge on any atom is 0.248 e. The summed E-state index contributed by atoms with van der Waals surface area (Å²) in [5, 5.41) is 0.645. The van der Waals surface area contributed by atoms with E-state index in [1.165, 1.54) is 6.92 Å². The van der Waals surface area contributed by atoms with Gasteiger partial charge in [0.25, 0.3) is 0 Å². The molecule has 0 aliphatic carbocycles. The minimum Gasteiger partial charge on any atom is -0.207 e. The SMILES string of the molecule is CCC(F)(F)CC(C)(CC)CBr. The quantitative estimate of drug-likeness (QED) is 0.634. The lowest BCUT2D eigenvalue weighted by Crippen LogP contribution is -2.28. The Balaban J connectivity index is 4.20.